The molecular weight excluding hydrogens is 224 g/mol. The predicted molar refractivity (Wildman–Crippen MR) is 74.6 cm³/mol. The third kappa shape index (κ3) is 2.25. The van der Waals surface area contributed by atoms with Gasteiger partial charge >= 0.3 is 0 Å². The van der Waals surface area contributed by atoms with E-state index in [1.54, 1.807) is 0 Å². The van der Waals surface area contributed by atoms with Gasteiger partial charge in [-0.15, -0.1) is 0 Å². The molecule has 0 aliphatic heterocycles. The fourth-order valence-electron chi connectivity index (χ4n) is 2.45. The van der Waals surface area contributed by atoms with Crippen LogP contribution in [0, 0.1) is 0 Å². The van der Waals surface area contributed by atoms with Crippen LogP contribution in [-0.4, -0.2) is 21.1 Å². The van der Waals surface area contributed by atoms with Crippen molar-refractivity contribution in [1.82, 2.24) is 14.5 Å². The van der Waals surface area contributed by atoms with Gasteiger partial charge in [-0.1, -0.05) is 13.3 Å². The van der Waals surface area contributed by atoms with Gasteiger partial charge < -0.3 is 10.3 Å². The predicted octanol–water partition coefficient (Wildman–Crippen LogP) is 2.85. The highest BCUT2D eigenvalue weighted by Crippen LogP contribution is 2.26. The van der Waals surface area contributed by atoms with Crippen molar-refractivity contribution in [2.45, 2.75) is 45.6 Å². The van der Waals surface area contributed by atoms with Crippen LogP contribution in [0.15, 0.2) is 18.3 Å². The van der Waals surface area contributed by atoms with E-state index in [-0.39, 0.29) is 0 Å². The molecule has 18 heavy (non-hydrogen) atoms. The third-order valence-electron chi connectivity index (χ3n) is 3.28. The summed E-state index contributed by atoms with van der Waals surface area (Å²) in [6, 6.07) is 4.30. The minimum Gasteiger partial charge on any atom is -0.330 e. The Bertz CT molecular complexity index is 515. The SMILES string of the molecule is CCCC(CN)c1nc2cccnc2n1C(C)C. The third-order valence-corrected chi connectivity index (χ3v) is 3.28. The Kier molecular flexibility index (Phi) is 3.97. The molecule has 0 amide bonds. The first-order chi connectivity index (χ1) is 8.69. The van der Waals surface area contributed by atoms with Crippen LogP contribution in [0.5, 0.6) is 0 Å². The Morgan fingerprint density at radius 3 is 2.78 bits per heavy atom. The number of imidazole rings is 1. The first kappa shape index (κ1) is 13.0. The highest BCUT2D eigenvalue weighted by molar-refractivity contribution is 5.71. The van der Waals surface area contributed by atoms with E-state index in [0.717, 1.165) is 29.8 Å². The largest absolute Gasteiger partial charge is 0.330 e. The smallest absolute Gasteiger partial charge is 0.160 e. The van der Waals surface area contributed by atoms with Crippen LogP contribution in [0.2, 0.25) is 0 Å². The van der Waals surface area contributed by atoms with E-state index in [2.05, 4.69) is 30.3 Å². The standard InChI is InChI=1S/C14H22N4/c1-4-6-11(9-15)13-17-12-7-5-8-16-14(12)18(13)10(2)3/h5,7-8,10-11H,4,6,9,15H2,1-3H3. The first-order valence-corrected chi connectivity index (χ1v) is 6.72. The van der Waals surface area contributed by atoms with Gasteiger partial charge in [0, 0.05) is 24.7 Å². The molecule has 0 spiro atoms. The van der Waals surface area contributed by atoms with Crippen molar-refractivity contribution in [1.29, 1.82) is 0 Å². The van der Waals surface area contributed by atoms with Crippen LogP contribution in [-0.2, 0) is 0 Å². The number of nitrogens with zero attached hydrogens (tertiary/aromatic N) is 3. The molecule has 0 fully saturated rings. The van der Waals surface area contributed by atoms with Gasteiger partial charge in [0.2, 0.25) is 0 Å². The molecule has 1 atom stereocenters. The second-order valence-corrected chi connectivity index (χ2v) is 5.00. The molecule has 1 unspecified atom stereocenters. The van der Waals surface area contributed by atoms with E-state index in [1.807, 2.05) is 18.3 Å². The zero-order chi connectivity index (χ0) is 13.1. The maximum atomic E-state index is 5.91. The molecule has 0 aliphatic rings. The minimum atomic E-state index is 0.326. The van der Waals surface area contributed by atoms with Crippen molar-refractivity contribution < 1.29 is 0 Å². The Hall–Kier alpha value is -1.42. The summed E-state index contributed by atoms with van der Waals surface area (Å²) in [5, 5.41) is 0. The second kappa shape index (κ2) is 5.48. The fourth-order valence-corrected chi connectivity index (χ4v) is 2.45. The van der Waals surface area contributed by atoms with Crippen LogP contribution in [0.3, 0.4) is 0 Å². The molecular formula is C14H22N4. The highest BCUT2D eigenvalue weighted by atomic mass is 15.1. The number of nitrogens with two attached hydrogens (primary N) is 1. The molecule has 2 N–H and O–H groups in total. The summed E-state index contributed by atoms with van der Waals surface area (Å²) in [7, 11) is 0. The molecule has 0 bridgehead atoms. The lowest BCUT2D eigenvalue weighted by Crippen LogP contribution is -2.18. The molecule has 0 radical (unpaired) electrons. The summed E-state index contributed by atoms with van der Waals surface area (Å²) in [5.74, 6) is 1.41. The highest BCUT2D eigenvalue weighted by Gasteiger charge is 2.20. The van der Waals surface area contributed by atoms with Gasteiger partial charge in [0.1, 0.15) is 11.3 Å². The molecule has 0 saturated heterocycles. The summed E-state index contributed by atoms with van der Waals surface area (Å²) in [4.78, 5) is 9.20. The molecule has 2 aromatic heterocycles. The van der Waals surface area contributed by atoms with Gasteiger partial charge in [-0.05, 0) is 32.4 Å². The number of fused-ring (bicyclic) bond motifs is 1. The number of hydrogen-bond acceptors (Lipinski definition) is 3. The quantitative estimate of drug-likeness (QED) is 0.882. The van der Waals surface area contributed by atoms with E-state index in [9.17, 15) is 0 Å². The summed E-state index contributed by atoms with van der Waals surface area (Å²) in [6.07, 6.45) is 4.02. The lowest BCUT2D eigenvalue weighted by molar-refractivity contribution is 0.513. The molecule has 0 aliphatic carbocycles. The molecule has 4 nitrogen and oxygen atoms in total. The van der Waals surface area contributed by atoms with E-state index in [4.69, 9.17) is 10.7 Å². The Balaban J connectivity index is 2.57. The Morgan fingerprint density at radius 1 is 1.39 bits per heavy atom. The van der Waals surface area contributed by atoms with Crippen molar-refractivity contribution in [3.63, 3.8) is 0 Å². The van der Waals surface area contributed by atoms with Gasteiger partial charge in [0.25, 0.3) is 0 Å². The van der Waals surface area contributed by atoms with Crippen LogP contribution in [0.25, 0.3) is 11.2 Å². The van der Waals surface area contributed by atoms with Crippen molar-refractivity contribution in [3.8, 4) is 0 Å². The molecule has 4 heteroatoms. The van der Waals surface area contributed by atoms with Crippen molar-refractivity contribution in [2.24, 2.45) is 5.73 Å². The second-order valence-electron chi connectivity index (χ2n) is 5.00. The summed E-state index contributed by atoms with van der Waals surface area (Å²) in [6.45, 7) is 7.16. The molecule has 2 aromatic rings. The monoisotopic (exact) mass is 246 g/mol. The van der Waals surface area contributed by atoms with E-state index in [0.29, 0.717) is 18.5 Å². The van der Waals surface area contributed by atoms with Crippen LogP contribution >= 0.6 is 0 Å². The minimum absolute atomic E-state index is 0.326. The normalized spacial score (nSPS) is 13.4. The van der Waals surface area contributed by atoms with Gasteiger partial charge in [0.15, 0.2) is 5.65 Å². The van der Waals surface area contributed by atoms with Gasteiger partial charge in [-0.2, -0.15) is 0 Å². The maximum Gasteiger partial charge on any atom is 0.160 e. The topological polar surface area (TPSA) is 56.7 Å². The van der Waals surface area contributed by atoms with E-state index < -0.39 is 0 Å². The lowest BCUT2D eigenvalue weighted by Gasteiger charge is -2.18. The van der Waals surface area contributed by atoms with E-state index in [1.165, 1.54) is 0 Å². The van der Waals surface area contributed by atoms with Gasteiger partial charge in [-0.3, -0.25) is 0 Å². The lowest BCUT2D eigenvalue weighted by atomic mass is 10.0. The van der Waals surface area contributed by atoms with Crippen molar-refractivity contribution >= 4 is 11.2 Å². The van der Waals surface area contributed by atoms with Crippen molar-refractivity contribution in [3.05, 3.63) is 24.2 Å². The molecule has 0 saturated carbocycles. The maximum absolute atomic E-state index is 5.91. The van der Waals surface area contributed by atoms with Crippen LogP contribution < -0.4 is 5.73 Å². The fraction of sp³-hybridized carbons (Fsp3) is 0.571. The summed E-state index contributed by atoms with van der Waals surface area (Å²) >= 11 is 0. The number of pyridine rings is 1. The average molecular weight is 246 g/mol. The Morgan fingerprint density at radius 2 is 2.17 bits per heavy atom. The van der Waals surface area contributed by atoms with Crippen LogP contribution in [0.4, 0.5) is 0 Å². The van der Waals surface area contributed by atoms with Gasteiger partial charge in [-0.25, -0.2) is 9.97 Å². The average Bonchev–Trinajstić information content (AvgIpc) is 2.74. The zero-order valence-corrected chi connectivity index (χ0v) is 11.4. The van der Waals surface area contributed by atoms with Gasteiger partial charge in [0.05, 0.1) is 0 Å². The molecule has 2 rings (SSSR count). The number of aromatic nitrogens is 3. The van der Waals surface area contributed by atoms with Crippen molar-refractivity contribution in [2.75, 3.05) is 6.54 Å². The van der Waals surface area contributed by atoms with E-state index >= 15 is 0 Å². The summed E-state index contributed by atoms with van der Waals surface area (Å²) < 4.78 is 2.22. The Labute approximate surface area is 108 Å². The van der Waals surface area contributed by atoms with Crippen LogP contribution in [0.1, 0.15) is 51.4 Å². The zero-order valence-electron chi connectivity index (χ0n) is 11.4. The number of hydrogen-bond donors (Lipinski definition) is 1. The molecule has 0 aromatic carbocycles. The number of rotatable bonds is 5. The summed E-state index contributed by atoms with van der Waals surface area (Å²) in [5.41, 5.74) is 7.85. The molecule has 98 valence electrons. The first-order valence-electron chi connectivity index (χ1n) is 6.72. The molecule has 2 heterocycles.